The molecule has 7 heteroatoms. The molecule has 1 aromatic rings. The molecule has 1 aromatic heterocycles. The third kappa shape index (κ3) is 3.03. The predicted octanol–water partition coefficient (Wildman–Crippen LogP) is 1.52. The second-order valence-electron chi connectivity index (χ2n) is 3.39. The van der Waals surface area contributed by atoms with Gasteiger partial charge in [-0.2, -0.15) is 0 Å². The zero-order chi connectivity index (χ0) is 12.3. The van der Waals surface area contributed by atoms with Crippen molar-refractivity contribution in [2.24, 2.45) is 0 Å². The maximum Gasteiger partial charge on any atom is 0.336 e. The van der Waals surface area contributed by atoms with E-state index < -0.39 is 16.0 Å². The molecule has 0 saturated heterocycles. The van der Waals surface area contributed by atoms with E-state index in [-0.39, 0.29) is 15.8 Å². The number of carbonyl (C=O) groups is 1. The maximum absolute atomic E-state index is 11.7. The van der Waals surface area contributed by atoms with Crippen LogP contribution in [-0.4, -0.2) is 25.5 Å². The second-order valence-corrected chi connectivity index (χ2v) is 6.24. The molecule has 1 heterocycles. The van der Waals surface area contributed by atoms with E-state index in [1.807, 2.05) is 6.92 Å². The Bertz CT molecular complexity index is 477. The Morgan fingerprint density at radius 2 is 2.25 bits per heavy atom. The van der Waals surface area contributed by atoms with Gasteiger partial charge in [-0.15, -0.1) is 11.3 Å². The van der Waals surface area contributed by atoms with Crippen molar-refractivity contribution < 1.29 is 18.3 Å². The summed E-state index contributed by atoms with van der Waals surface area (Å²) in [5, 5.41) is 10.00. The summed E-state index contributed by atoms with van der Waals surface area (Å²) in [4.78, 5) is 10.6. The molecule has 0 aliphatic heterocycles. The molecule has 0 fully saturated rings. The van der Waals surface area contributed by atoms with Gasteiger partial charge in [0.1, 0.15) is 4.21 Å². The predicted molar refractivity (Wildman–Crippen MR) is 61.4 cm³/mol. The number of thiophene rings is 1. The van der Waals surface area contributed by atoms with Gasteiger partial charge >= 0.3 is 5.97 Å². The molecule has 0 spiro atoms. The fourth-order valence-corrected chi connectivity index (χ4v) is 3.47. The molecule has 1 atom stereocenters. The highest BCUT2D eigenvalue weighted by molar-refractivity contribution is 7.91. The van der Waals surface area contributed by atoms with Crippen LogP contribution in [0.15, 0.2) is 15.7 Å². The van der Waals surface area contributed by atoms with Gasteiger partial charge in [-0.05, 0) is 19.4 Å². The minimum absolute atomic E-state index is 0.00507. The molecule has 0 bridgehead atoms. The summed E-state index contributed by atoms with van der Waals surface area (Å²) < 4.78 is 26.0. The van der Waals surface area contributed by atoms with Crippen LogP contribution in [0.4, 0.5) is 0 Å². The lowest BCUT2D eigenvalue weighted by Crippen LogP contribution is -2.31. The van der Waals surface area contributed by atoms with Gasteiger partial charge < -0.3 is 5.11 Å². The Kier molecular flexibility index (Phi) is 4.06. The van der Waals surface area contributed by atoms with E-state index in [1.165, 1.54) is 5.38 Å². The normalized spacial score (nSPS) is 13.6. The minimum Gasteiger partial charge on any atom is -0.478 e. The summed E-state index contributed by atoms with van der Waals surface area (Å²) in [5.74, 6) is -1.12. The Balaban J connectivity index is 2.94. The number of hydrogen-bond donors (Lipinski definition) is 2. The molecule has 1 rings (SSSR count). The Morgan fingerprint density at radius 3 is 2.69 bits per heavy atom. The molecule has 0 unspecified atom stereocenters. The number of rotatable bonds is 5. The lowest BCUT2D eigenvalue weighted by atomic mass is 10.3. The van der Waals surface area contributed by atoms with Gasteiger partial charge in [0.15, 0.2) is 0 Å². The van der Waals surface area contributed by atoms with Crippen LogP contribution >= 0.6 is 11.3 Å². The monoisotopic (exact) mass is 263 g/mol. The maximum atomic E-state index is 11.7. The number of carboxylic acids is 1. The number of sulfonamides is 1. The quantitative estimate of drug-likeness (QED) is 0.843. The molecule has 5 nitrogen and oxygen atoms in total. The smallest absolute Gasteiger partial charge is 0.336 e. The van der Waals surface area contributed by atoms with E-state index in [9.17, 15) is 13.2 Å². The first-order valence-corrected chi connectivity index (χ1v) is 7.07. The SMILES string of the molecule is CC[C@@H](C)NS(=O)(=O)c1cc(C(=O)O)cs1. The van der Waals surface area contributed by atoms with Gasteiger partial charge in [-0.1, -0.05) is 6.92 Å². The third-order valence-corrected chi connectivity index (χ3v) is 5.09. The van der Waals surface area contributed by atoms with Gasteiger partial charge in [0.2, 0.25) is 10.0 Å². The summed E-state index contributed by atoms with van der Waals surface area (Å²) in [6.07, 6.45) is 0.677. The Labute approximate surface area is 98.2 Å². The van der Waals surface area contributed by atoms with E-state index in [2.05, 4.69) is 4.72 Å². The minimum atomic E-state index is -3.58. The largest absolute Gasteiger partial charge is 0.478 e. The number of nitrogens with one attached hydrogen (secondary N) is 1. The Morgan fingerprint density at radius 1 is 1.62 bits per heavy atom. The summed E-state index contributed by atoms with van der Waals surface area (Å²) in [5.41, 5.74) is -0.00507. The van der Waals surface area contributed by atoms with Gasteiger partial charge in [0.25, 0.3) is 0 Å². The summed E-state index contributed by atoms with van der Waals surface area (Å²) in [7, 11) is -3.58. The van der Waals surface area contributed by atoms with Gasteiger partial charge in [-0.25, -0.2) is 17.9 Å². The van der Waals surface area contributed by atoms with E-state index in [4.69, 9.17) is 5.11 Å². The van der Waals surface area contributed by atoms with Crippen molar-refractivity contribution in [2.45, 2.75) is 30.5 Å². The lowest BCUT2D eigenvalue weighted by molar-refractivity contribution is 0.0697. The van der Waals surface area contributed by atoms with Crippen LogP contribution in [0.3, 0.4) is 0 Å². The van der Waals surface area contributed by atoms with Crippen LogP contribution in [-0.2, 0) is 10.0 Å². The van der Waals surface area contributed by atoms with E-state index in [0.29, 0.717) is 6.42 Å². The van der Waals surface area contributed by atoms with E-state index in [0.717, 1.165) is 17.4 Å². The van der Waals surface area contributed by atoms with Crippen LogP contribution < -0.4 is 4.72 Å². The third-order valence-electron chi connectivity index (χ3n) is 2.06. The molecule has 0 aromatic carbocycles. The average Bonchev–Trinajstić information content (AvgIpc) is 2.66. The first-order valence-electron chi connectivity index (χ1n) is 4.71. The van der Waals surface area contributed by atoms with E-state index in [1.54, 1.807) is 6.92 Å². The summed E-state index contributed by atoms with van der Waals surface area (Å²) in [6.45, 7) is 3.62. The molecule has 0 aliphatic carbocycles. The molecule has 0 saturated carbocycles. The summed E-state index contributed by atoms with van der Waals surface area (Å²) in [6, 6.07) is 0.998. The van der Waals surface area contributed by atoms with Crippen LogP contribution in [0.1, 0.15) is 30.6 Å². The fraction of sp³-hybridized carbons (Fsp3) is 0.444. The highest BCUT2D eigenvalue weighted by atomic mass is 32.2. The molecular weight excluding hydrogens is 250 g/mol. The average molecular weight is 263 g/mol. The number of hydrogen-bond acceptors (Lipinski definition) is 4. The highest BCUT2D eigenvalue weighted by Crippen LogP contribution is 2.20. The van der Waals surface area contributed by atoms with Crippen molar-refractivity contribution in [3.8, 4) is 0 Å². The van der Waals surface area contributed by atoms with Crippen LogP contribution in [0.25, 0.3) is 0 Å². The number of aromatic carboxylic acids is 1. The number of carboxylic acid groups (broad SMARTS) is 1. The van der Waals surface area contributed by atoms with Crippen molar-refractivity contribution in [2.75, 3.05) is 0 Å². The topological polar surface area (TPSA) is 83.5 Å². The molecule has 0 radical (unpaired) electrons. The lowest BCUT2D eigenvalue weighted by Gasteiger charge is -2.10. The van der Waals surface area contributed by atoms with E-state index >= 15 is 0 Å². The summed E-state index contributed by atoms with van der Waals surface area (Å²) >= 11 is 0.906. The van der Waals surface area contributed by atoms with Gasteiger partial charge in [-0.3, -0.25) is 0 Å². The molecular formula is C9H13NO4S2. The molecule has 0 amide bonds. The molecule has 0 aliphatic rings. The first kappa shape index (κ1) is 13.1. The zero-order valence-corrected chi connectivity index (χ0v) is 10.6. The second kappa shape index (κ2) is 4.94. The van der Waals surface area contributed by atoms with Gasteiger partial charge in [0.05, 0.1) is 5.56 Å². The van der Waals surface area contributed by atoms with Crippen molar-refractivity contribution in [3.05, 3.63) is 17.0 Å². The highest BCUT2D eigenvalue weighted by Gasteiger charge is 2.20. The standard InChI is InChI=1S/C9H13NO4S2/c1-3-6(2)10-16(13,14)8-4-7(5-15-8)9(11)12/h4-6,10H,3H2,1-2H3,(H,11,12)/t6-/m1/s1. The van der Waals surface area contributed by atoms with Crippen molar-refractivity contribution >= 4 is 27.3 Å². The van der Waals surface area contributed by atoms with Crippen molar-refractivity contribution in [1.29, 1.82) is 0 Å². The first-order chi connectivity index (χ1) is 7.36. The molecule has 16 heavy (non-hydrogen) atoms. The molecule has 2 N–H and O–H groups in total. The Hall–Kier alpha value is -0.920. The van der Waals surface area contributed by atoms with Gasteiger partial charge in [0, 0.05) is 11.4 Å². The van der Waals surface area contributed by atoms with Crippen LogP contribution in [0.2, 0.25) is 0 Å². The van der Waals surface area contributed by atoms with Crippen LogP contribution in [0, 0.1) is 0 Å². The van der Waals surface area contributed by atoms with Crippen LogP contribution in [0.5, 0.6) is 0 Å². The fourth-order valence-electron chi connectivity index (χ4n) is 0.976. The van der Waals surface area contributed by atoms with Crippen molar-refractivity contribution in [3.63, 3.8) is 0 Å². The zero-order valence-electron chi connectivity index (χ0n) is 8.93. The van der Waals surface area contributed by atoms with Crippen molar-refractivity contribution in [1.82, 2.24) is 4.72 Å². The molecule has 90 valence electrons.